The molecule has 26 heavy (non-hydrogen) atoms. The van der Waals surface area contributed by atoms with E-state index < -0.39 is 12.0 Å². The van der Waals surface area contributed by atoms with Gasteiger partial charge < -0.3 is 10.1 Å². The molecule has 1 aromatic carbocycles. The van der Waals surface area contributed by atoms with Crippen molar-refractivity contribution in [1.82, 2.24) is 15.2 Å². The number of urea groups is 1. The van der Waals surface area contributed by atoms with E-state index in [4.69, 9.17) is 16.3 Å². The van der Waals surface area contributed by atoms with Crippen molar-refractivity contribution in [3.8, 4) is 0 Å². The Hall–Kier alpha value is -2.67. The summed E-state index contributed by atoms with van der Waals surface area (Å²) in [4.78, 5) is 40.3. The maximum atomic E-state index is 11.9. The van der Waals surface area contributed by atoms with Crippen molar-refractivity contribution in [2.75, 3.05) is 13.1 Å². The molecule has 8 heteroatoms. The standard InChI is InChI=1S/C18H18ClN3O4/c1-11-12-5-2-3-6-13(12)21-14(17(11)19)10-26-16(24)7-4-8-22-15(23)9-20-18(22)25/h2-3,5-6H,4,7-10H2,1H3,(H,20,25). The molecule has 2 heterocycles. The van der Waals surface area contributed by atoms with Crippen molar-refractivity contribution >= 4 is 40.4 Å². The molecule has 1 aromatic heterocycles. The number of hydrogen-bond acceptors (Lipinski definition) is 5. The predicted octanol–water partition coefficient (Wildman–Crippen LogP) is 2.57. The number of halogens is 1. The van der Waals surface area contributed by atoms with Gasteiger partial charge in [0.05, 0.1) is 22.8 Å². The second-order valence-corrected chi connectivity index (χ2v) is 6.36. The Morgan fingerprint density at radius 1 is 1.35 bits per heavy atom. The van der Waals surface area contributed by atoms with Crippen LogP contribution in [-0.4, -0.2) is 40.9 Å². The molecule has 0 aliphatic carbocycles. The molecule has 1 aliphatic heterocycles. The van der Waals surface area contributed by atoms with Crippen LogP contribution >= 0.6 is 11.6 Å². The minimum Gasteiger partial charge on any atom is -0.459 e. The van der Waals surface area contributed by atoms with Crippen LogP contribution in [-0.2, 0) is 20.9 Å². The summed E-state index contributed by atoms with van der Waals surface area (Å²) in [6.07, 6.45) is 0.442. The minimum atomic E-state index is -0.430. The normalized spacial score (nSPS) is 14.0. The number of imide groups is 1. The highest BCUT2D eigenvalue weighted by Crippen LogP contribution is 2.27. The average molecular weight is 376 g/mol. The summed E-state index contributed by atoms with van der Waals surface area (Å²) in [5.41, 5.74) is 2.19. The number of aromatic nitrogens is 1. The molecule has 0 unspecified atom stereocenters. The van der Waals surface area contributed by atoms with Gasteiger partial charge in [0.1, 0.15) is 6.61 Å². The van der Waals surface area contributed by atoms with Crippen molar-refractivity contribution < 1.29 is 19.1 Å². The van der Waals surface area contributed by atoms with Crippen LogP contribution in [0.2, 0.25) is 5.02 Å². The molecule has 3 rings (SSSR count). The lowest BCUT2D eigenvalue weighted by atomic mass is 10.1. The smallest absolute Gasteiger partial charge is 0.324 e. The third kappa shape index (κ3) is 3.77. The molecule has 0 radical (unpaired) electrons. The van der Waals surface area contributed by atoms with Crippen LogP contribution in [0.3, 0.4) is 0 Å². The van der Waals surface area contributed by atoms with Gasteiger partial charge in [0, 0.05) is 18.4 Å². The lowest BCUT2D eigenvalue weighted by Crippen LogP contribution is -2.32. The molecule has 0 spiro atoms. The molecule has 1 fully saturated rings. The van der Waals surface area contributed by atoms with Crippen molar-refractivity contribution in [3.63, 3.8) is 0 Å². The Morgan fingerprint density at radius 2 is 2.12 bits per heavy atom. The number of carbonyl (C=O) groups is 3. The lowest BCUT2D eigenvalue weighted by Gasteiger charge is -2.12. The number of amides is 3. The molecule has 1 N–H and O–H groups in total. The van der Waals surface area contributed by atoms with Gasteiger partial charge in [-0.05, 0) is 25.0 Å². The molecule has 2 aromatic rings. The fourth-order valence-corrected chi connectivity index (χ4v) is 3.00. The molecular formula is C18H18ClN3O4. The zero-order valence-corrected chi connectivity index (χ0v) is 15.0. The number of nitrogens with zero attached hydrogens (tertiary/aromatic N) is 2. The second-order valence-electron chi connectivity index (χ2n) is 5.98. The molecule has 3 amide bonds. The van der Waals surface area contributed by atoms with E-state index in [0.29, 0.717) is 17.1 Å². The van der Waals surface area contributed by atoms with Crippen LogP contribution in [0, 0.1) is 6.92 Å². The van der Waals surface area contributed by atoms with Crippen molar-refractivity contribution in [1.29, 1.82) is 0 Å². The fraction of sp³-hybridized carbons (Fsp3) is 0.333. The number of aryl methyl sites for hydroxylation is 1. The molecule has 0 saturated carbocycles. The summed E-state index contributed by atoms with van der Waals surface area (Å²) >= 11 is 6.34. The van der Waals surface area contributed by atoms with Gasteiger partial charge >= 0.3 is 12.0 Å². The molecule has 0 atom stereocenters. The van der Waals surface area contributed by atoms with Crippen molar-refractivity contribution in [2.45, 2.75) is 26.4 Å². The zero-order chi connectivity index (χ0) is 18.7. The third-order valence-electron chi connectivity index (χ3n) is 4.22. The Labute approximate surface area is 155 Å². The number of fused-ring (bicyclic) bond motifs is 1. The van der Waals surface area contributed by atoms with Crippen molar-refractivity contribution in [3.05, 3.63) is 40.5 Å². The molecule has 136 valence electrons. The van der Waals surface area contributed by atoms with Crippen LogP contribution in [0.5, 0.6) is 0 Å². The number of ether oxygens (including phenoxy) is 1. The van der Waals surface area contributed by atoms with Gasteiger partial charge in [0.25, 0.3) is 0 Å². The number of benzene rings is 1. The highest BCUT2D eigenvalue weighted by molar-refractivity contribution is 6.32. The number of hydrogen-bond donors (Lipinski definition) is 1. The number of carbonyl (C=O) groups excluding carboxylic acids is 3. The van der Waals surface area contributed by atoms with Crippen LogP contribution in [0.4, 0.5) is 4.79 Å². The molecule has 0 bridgehead atoms. The molecule has 7 nitrogen and oxygen atoms in total. The second kappa shape index (κ2) is 7.70. The maximum Gasteiger partial charge on any atom is 0.324 e. The summed E-state index contributed by atoms with van der Waals surface area (Å²) in [5, 5.41) is 3.87. The van der Waals surface area contributed by atoms with E-state index in [9.17, 15) is 14.4 Å². The molecule has 1 aliphatic rings. The highest BCUT2D eigenvalue weighted by atomic mass is 35.5. The van der Waals surface area contributed by atoms with E-state index in [1.165, 1.54) is 0 Å². The Balaban J connectivity index is 1.55. The third-order valence-corrected chi connectivity index (χ3v) is 4.72. The summed E-state index contributed by atoms with van der Waals surface area (Å²) in [7, 11) is 0. The fourth-order valence-electron chi connectivity index (χ4n) is 2.80. The van der Waals surface area contributed by atoms with E-state index in [0.717, 1.165) is 21.4 Å². The maximum absolute atomic E-state index is 11.9. The van der Waals surface area contributed by atoms with Crippen LogP contribution in [0.1, 0.15) is 24.1 Å². The van der Waals surface area contributed by atoms with Gasteiger partial charge in [-0.15, -0.1) is 0 Å². The number of nitrogens with one attached hydrogen (secondary N) is 1. The molecule has 1 saturated heterocycles. The highest BCUT2D eigenvalue weighted by Gasteiger charge is 2.27. The van der Waals surface area contributed by atoms with Crippen LogP contribution < -0.4 is 5.32 Å². The summed E-state index contributed by atoms with van der Waals surface area (Å²) in [6, 6.07) is 7.19. The lowest BCUT2D eigenvalue weighted by molar-refractivity contribution is -0.145. The van der Waals surface area contributed by atoms with E-state index in [1.54, 1.807) is 0 Å². The molecular weight excluding hydrogens is 358 g/mol. The topological polar surface area (TPSA) is 88.6 Å². The van der Waals surface area contributed by atoms with E-state index >= 15 is 0 Å². The van der Waals surface area contributed by atoms with Crippen LogP contribution in [0.25, 0.3) is 10.9 Å². The first-order chi connectivity index (χ1) is 12.5. The minimum absolute atomic E-state index is 0.00869. The van der Waals surface area contributed by atoms with Gasteiger partial charge in [-0.1, -0.05) is 29.8 Å². The first kappa shape index (κ1) is 18.1. The number of rotatable bonds is 6. The summed E-state index contributed by atoms with van der Waals surface area (Å²) < 4.78 is 5.24. The van der Waals surface area contributed by atoms with Gasteiger partial charge in [-0.3, -0.25) is 14.5 Å². The summed E-state index contributed by atoms with van der Waals surface area (Å²) in [5.74, 6) is -0.716. The first-order valence-electron chi connectivity index (χ1n) is 8.25. The number of pyridine rings is 1. The average Bonchev–Trinajstić information content (AvgIpc) is 2.95. The summed E-state index contributed by atoms with van der Waals surface area (Å²) in [6.45, 7) is 2.07. The van der Waals surface area contributed by atoms with E-state index in [-0.39, 0.29) is 32.0 Å². The SMILES string of the molecule is Cc1c(Cl)c(COC(=O)CCCN2C(=O)CNC2=O)nc2ccccc12. The Morgan fingerprint density at radius 3 is 2.85 bits per heavy atom. The van der Waals surface area contributed by atoms with E-state index in [1.807, 2.05) is 31.2 Å². The Kier molecular flexibility index (Phi) is 5.37. The van der Waals surface area contributed by atoms with E-state index in [2.05, 4.69) is 10.3 Å². The predicted molar refractivity (Wildman–Crippen MR) is 95.6 cm³/mol. The number of esters is 1. The van der Waals surface area contributed by atoms with Crippen LogP contribution in [0.15, 0.2) is 24.3 Å². The quantitative estimate of drug-likeness (QED) is 0.619. The monoisotopic (exact) mass is 375 g/mol. The van der Waals surface area contributed by atoms with Gasteiger partial charge in [-0.25, -0.2) is 9.78 Å². The first-order valence-corrected chi connectivity index (χ1v) is 8.62. The van der Waals surface area contributed by atoms with Crippen molar-refractivity contribution in [2.24, 2.45) is 0 Å². The van der Waals surface area contributed by atoms with Gasteiger partial charge in [-0.2, -0.15) is 0 Å². The zero-order valence-electron chi connectivity index (χ0n) is 14.3. The van der Waals surface area contributed by atoms with Gasteiger partial charge in [0.2, 0.25) is 5.91 Å². The van der Waals surface area contributed by atoms with Gasteiger partial charge in [0.15, 0.2) is 0 Å². The Bertz CT molecular complexity index is 868. The number of para-hydroxylation sites is 1. The largest absolute Gasteiger partial charge is 0.459 e.